The van der Waals surface area contributed by atoms with Crippen molar-refractivity contribution in [2.24, 2.45) is 5.14 Å². The van der Waals surface area contributed by atoms with E-state index >= 15 is 4.39 Å². The van der Waals surface area contributed by atoms with Gasteiger partial charge in [-0.25, -0.2) is 9.53 Å². The highest BCUT2D eigenvalue weighted by Crippen LogP contribution is 2.42. The second-order valence-electron chi connectivity index (χ2n) is 4.99. The first-order valence-corrected chi connectivity index (χ1v) is 7.68. The standard InChI is InChI=1S/C12H14F4N2O2S/c13-11(6-3-7-18(8-11)21(17,19)20)9-4-1-2-5-10(9)12(14,15)16/h1-2,4-5H,3,6-8H2,(H2,17,19,20). The van der Waals surface area contributed by atoms with Crippen LogP contribution in [0.5, 0.6) is 0 Å². The zero-order valence-electron chi connectivity index (χ0n) is 10.9. The van der Waals surface area contributed by atoms with Crippen LogP contribution in [0.4, 0.5) is 17.6 Å². The molecule has 1 aliphatic rings. The fourth-order valence-electron chi connectivity index (χ4n) is 2.53. The zero-order chi connectivity index (χ0) is 15.9. The average molecular weight is 326 g/mol. The van der Waals surface area contributed by atoms with Gasteiger partial charge in [0.25, 0.3) is 10.2 Å². The Hall–Kier alpha value is -1.19. The van der Waals surface area contributed by atoms with Crippen molar-refractivity contribution in [3.05, 3.63) is 35.4 Å². The van der Waals surface area contributed by atoms with Crippen LogP contribution in [0.3, 0.4) is 0 Å². The molecule has 0 spiro atoms. The minimum atomic E-state index is -4.71. The molecule has 9 heteroatoms. The molecule has 0 bridgehead atoms. The first-order chi connectivity index (χ1) is 9.54. The molecule has 1 aromatic carbocycles. The number of benzene rings is 1. The van der Waals surface area contributed by atoms with Crippen LogP contribution in [0.1, 0.15) is 24.0 Å². The van der Waals surface area contributed by atoms with Gasteiger partial charge < -0.3 is 0 Å². The van der Waals surface area contributed by atoms with Crippen molar-refractivity contribution in [3.63, 3.8) is 0 Å². The predicted molar refractivity (Wildman–Crippen MR) is 68.1 cm³/mol. The molecule has 0 aliphatic carbocycles. The monoisotopic (exact) mass is 326 g/mol. The molecule has 0 saturated carbocycles. The predicted octanol–water partition coefficient (Wildman–Crippen LogP) is 2.17. The van der Waals surface area contributed by atoms with E-state index in [0.717, 1.165) is 18.2 Å². The lowest BCUT2D eigenvalue weighted by Crippen LogP contribution is -2.49. The Morgan fingerprint density at radius 3 is 2.43 bits per heavy atom. The summed E-state index contributed by atoms with van der Waals surface area (Å²) in [5.41, 5.74) is -4.05. The maximum atomic E-state index is 15.0. The van der Waals surface area contributed by atoms with Crippen LogP contribution in [0.2, 0.25) is 0 Å². The van der Waals surface area contributed by atoms with Gasteiger partial charge in [0.05, 0.1) is 12.1 Å². The van der Waals surface area contributed by atoms with Crippen molar-refractivity contribution < 1.29 is 26.0 Å². The van der Waals surface area contributed by atoms with Gasteiger partial charge in [-0.3, -0.25) is 0 Å². The van der Waals surface area contributed by atoms with E-state index in [4.69, 9.17) is 5.14 Å². The number of hydrogen-bond donors (Lipinski definition) is 1. The van der Waals surface area contributed by atoms with Crippen LogP contribution in [-0.2, 0) is 22.1 Å². The molecule has 2 rings (SSSR count). The Balaban J connectivity index is 2.46. The van der Waals surface area contributed by atoms with E-state index in [-0.39, 0.29) is 19.4 Å². The van der Waals surface area contributed by atoms with E-state index in [1.807, 2.05) is 0 Å². The Morgan fingerprint density at radius 2 is 1.86 bits per heavy atom. The number of hydrogen-bond acceptors (Lipinski definition) is 2. The third kappa shape index (κ3) is 3.35. The number of piperidine rings is 1. The average Bonchev–Trinajstić information content (AvgIpc) is 2.37. The van der Waals surface area contributed by atoms with E-state index in [0.29, 0.717) is 4.31 Å². The summed E-state index contributed by atoms with van der Waals surface area (Å²) < 4.78 is 77.2. The van der Waals surface area contributed by atoms with E-state index in [1.165, 1.54) is 6.07 Å². The third-order valence-corrected chi connectivity index (χ3v) is 4.51. The Labute approximate surface area is 119 Å². The summed E-state index contributed by atoms with van der Waals surface area (Å²) in [7, 11) is -4.14. The summed E-state index contributed by atoms with van der Waals surface area (Å²) in [6, 6.07) is 4.28. The van der Waals surface area contributed by atoms with Crippen LogP contribution in [0.25, 0.3) is 0 Å². The molecule has 21 heavy (non-hydrogen) atoms. The first kappa shape index (κ1) is 16.2. The highest BCUT2D eigenvalue weighted by Gasteiger charge is 2.45. The van der Waals surface area contributed by atoms with Crippen molar-refractivity contribution >= 4 is 10.2 Å². The van der Waals surface area contributed by atoms with Gasteiger partial charge in [-0.1, -0.05) is 18.2 Å². The van der Waals surface area contributed by atoms with Crippen LogP contribution in [-0.4, -0.2) is 25.8 Å². The highest BCUT2D eigenvalue weighted by molar-refractivity contribution is 7.86. The fraction of sp³-hybridized carbons (Fsp3) is 0.500. The Morgan fingerprint density at radius 1 is 1.24 bits per heavy atom. The SMILES string of the molecule is NS(=O)(=O)N1CCCC(F)(c2ccccc2C(F)(F)F)C1. The van der Waals surface area contributed by atoms with Gasteiger partial charge >= 0.3 is 6.18 Å². The smallest absolute Gasteiger partial charge is 0.237 e. The molecular weight excluding hydrogens is 312 g/mol. The van der Waals surface area contributed by atoms with Gasteiger partial charge in [0.1, 0.15) is 5.67 Å². The molecule has 1 aliphatic heterocycles. The van der Waals surface area contributed by atoms with Crippen LogP contribution in [0, 0.1) is 0 Å². The van der Waals surface area contributed by atoms with Crippen LogP contribution in [0.15, 0.2) is 24.3 Å². The quantitative estimate of drug-likeness (QED) is 0.847. The molecule has 0 amide bonds. The van der Waals surface area contributed by atoms with Gasteiger partial charge in [0.15, 0.2) is 0 Å². The highest BCUT2D eigenvalue weighted by atomic mass is 32.2. The van der Waals surface area contributed by atoms with E-state index in [1.54, 1.807) is 0 Å². The van der Waals surface area contributed by atoms with Gasteiger partial charge in [-0.15, -0.1) is 0 Å². The number of alkyl halides is 4. The molecule has 1 atom stereocenters. The van der Waals surface area contributed by atoms with Gasteiger partial charge in [-0.05, 0) is 18.9 Å². The van der Waals surface area contributed by atoms with Crippen molar-refractivity contribution in [2.75, 3.05) is 13.1 Å². The summed E-state index contributed by atoms with van der Waals surface area (Å²) in [6.45, 7) is -0.711. The van der Waals surface area contributed by atoms with E-state index in [2.05, 4.69) is 0 Å². The molecule has 4 nitrogen and oxygen atoms in total. The summed E-state index contributed by atoms with van der Waals surface area (Å²) >= 11 is 0. The molecule has 2 N–H and O–H groups in total. The molecule has 1 saturated heterocycles. The lowest BCUT2D eigenvalue weighted by molar-refractivity contribution is -0.140. The molecule has 1 fully saturated rings. The van der Waals surface area contributed by atoms with Crippen LogP contribution >= 0.6 is 0 Å². The molecule has 0 radical (unpaired) electrons. The second-order valence-corrected chi connectivity index (χ2v) is 6.54. The van der Waals surface area contributed by atoms with Gasteiger partial charge in [-0.2, -0.15) is 25.9 Å². The maximum absolute atomic E-state index is 15.0. The number of nitrogens with two attached hydrogens (primary N) is 1. The molecule has 1 heterocycles. The molecule has 0 aromatic heterocycles. The largest absolute Gasteiger partial charge is 0.416 e. The fourth-order valence-corrected chi connectivity index (χ4v) is 3.30. The Kier molecular flexibility index (Phi) is 4.02. The minimum Gasteiger partial charge on any atom is -0.237 e. The molecular formula is C12H14F4N2O2S. The summed E-state index contributed by atoms with van der Waals surface area (Å²) in [4.78, 5) is 0. The van der Waals surface area contributed by atoms with E-state index in [9.17, 15) is 21.6 Å². The second kappa shape index (κ2) is 5.22. The van der Waals surface area contributed by atoms with E-state index < -0.39 is 39.7 Å². The zero-order valence-corrected chi connectivity index (χ0v) is 11.7. The van der Waals surface area contributed by atoms with Gasteiger partial charge in [0.2, 0.25) is 0 Å². The number of halogens is 4. The number of rotatable bonds is 2. The maximum Gasteiger partial charge on any atom is 0.416 e. The van der Waals surface area contributed by atoms with Crippen molar-refractivity contribution in [2.45, 2.75) is 24.7 Å². The minimum absolute atomic E-state index is 0.00130. The molecule has 1 aromatic rings. The molecule has 1 unspecified atom stereocenters. The van der Waals surface area contributed by atoms with Gasteiger partial charge in [0, 0.05) is 12.1 Å². The summed E-state index contributed by atoms with van der Waals surface area (Å²) in [5.74, 6) is 0. The topological polar surface area (TPSA) is 63.4 Å². The van der Waals surface area contributed by atoms with Crippen molar-refractivity contribution in [3.8, 4) is 0 Å². The van der Waals surface area contributed by atoms with Crippen molar-refractivity contribution in [1.29, 1.82) is 0 Å². The third-order valence-electron chi connectivity index (χ3n) is 3.48. The lowest BCUT2D eigenvalue weighted by Gasteiger charge is -2.37. The normalized spacial score (nSPS) is 25.0. The first-order valence-electron chi connectivity index (χ1n) is 6.17. The number of nitrogens with zero attached hydrogens (tertiary/aromatic N) is 1. The Bertz CT molecular complexity index is 632. The summed E-state index contributed by atoms with van der Waals surface area (Å²) in [5, 5.41) is 4.94. The van der Waals surface area contributed by atoms with Crippen LogP contribution < -0.4 is 5.14 Å². The lowest BCUT2D eigenvalue weighted by atomic mass is 9.85. The molecule has 118 valence electrons. The summed E-state index contributed by atoms with van der Waals surface area (Å²) in [6.07, 6.45) is -4.80. The van der Waals surface area contributed by atoms with Crippen molar-refractivity contribution in [1.82, 2.24) is 4.31 Å².